The molecule has 0 unspecified atom stereocenters. The van der Waals surface area contributed by atoms with E-state index in [9.17, 15) is 4.79 Å². The number of hydrogen-bond acceptors (Lipinski definition) is 5. The molecular formula is C15H23NO3S. The van der Waals surface area contributed by atoms with E-state index in [1.54, 1.807) is 0 Å². The monoisotopic (exact) mass is 297 g/mol. The number of methoxy groups -OCH3 is 1. The summed E-state index contributed by atoms with van der Waals surface area (Å²) in [5.74, 6) is 1.81. The van der Waals surface area contributed by atoms with E-state index < -0.39 is 0 Å². The van der Waals surface area contributed by atoms with Crippen molar-refractivity contribution in [2.75, 3.05) is 31.8 Å². The number of hydrogen-bond donors (Lipinski definition) is 2. The molecule has 1 aromatic rings. The zero-order valence-corrected chi connectivity index (χ0v) is 12.7. The summed E-state index contributed by atoms with van der Waals surface area (Å²) in [6, 6.07) is 7.91. The van der Waals surface area contributed by atoms with Crippen LogP contribution >= 0.6 is 11.8 Å². The molecule has 1 aromatic carbocycles. The smallest absolute Gasteiger partial charge is 0.309 e. The van der Waals surface area contributed by atoms with Crippen molar-refractivity contribution in [3.05, 3.63) is 35.4 Å². The highest BCUT2D eigenvalue weighted by atomic mass is 32.2. The van der Waals surface area contributed by atoms with Crippen LogP contribution in [0.3, 0.4) is 0 Å². The summed E-state index contributed by atoms with van der Waals surface area (Å²) in [4.78, 5) is 11.3. The first-order chi connectivity index (χ1) is 9.77. The minimum Gasteiger partial charge on any atom is -0.469 e. The van der Waals surface area contributed by atoms with Gasteiger partial charge in [-0.3, -0.25) is 4.79 Å². The Kier molecular flexibility index (Phi) is 9.11. The molecule has 0 atom stereocenters. The fraction of sp³-hybridized carbons (Fsp3) is 0.533. The van der Waals surface area contributed by atoms with E-state index in [1.165, 1.54) is 7.11 Å². The number of esters is 1. The molecule has 0 radical (unpaired) electrons. The molecule has 2 N–H and O–H groups in total. The van der Waals surface area contributed by atoms with Gasteiger partial charge in [0.1, 0.15) is 0 Å². The summed E-state index contributed by atoms with van der Waals surface area (Å²) in [5, 5.41) is 12.0. The molecule has 1 rings (SSSR count). The van der Waals surface area contributed by atoms with Crippen molar-refractivity contribution in [3.63, 3.8) is 0 Å². The third kappa shape index (κ3) is 6.93. The molecule has 0 spiro atoms. The minimum absolute atomic E-state index is 0.211. The Labute approximate surface area is 124 Å². The first-order valence-electron chi connectivity index (χ1n) is 6.81. The van der Waals surface area contributed by atoms with Crippen molar-refractivity contribution in [3.8, 4) is 0 Å². The highest BCUT2D eigenvalue weighted by Crippen LogP contribution is 2.10. The zero-order chi connectivity index (χ0) is 14.6. The maximum Gasteiger partial charge on any atom is 0.309 e. The van der Waals surface area contributed by atoms with Crippen LogP contribution in [0.2, 0.25) is 0 Å². The third-order valence-corrected chi connectivity index (χ3v) is 3.94. The average Bonchev–Trinajstić information content (AvgIpc) is 2.47. The summed E-state index contributed by atoms with van der Waals surface area (Å²) in [7, 11) is 1.41. The molecular weight excluding hydrogens is 274 g/mol. The summed E-state index contributed by atoms with van der Waals surface area (Å²) in [6.07, 6.45) is 1.17. The Bertz CT molecular complexity index is 398. The Morgan fingerprint density at radius 2 is 2.05 bits per heavy atom. The lowest BCUT2D eigenvalue weighted by Crippen LogP contribution is -2.18. The lowest BCUT2D eigenvalue weighted by molar-refractivity contribution is -0.139. The molecule has 20 heavy (non-hydrogen) atoms. The van der Waals surface area contributed by atoms with Crippen LogP contribution in [0.4, 0.5) is 0 Å². The van der Waals surface area contributed by atoms with Gasteiger partial charge in [0.25, 0.3) is 0 Å². The molecule has 0 bridgehead atoms. The highest BCUT2D eigenvalue weighted by molar-refractivity contribution is 7.99. The second kappa shape index (κ2) is 10.7. The fourth-order valence-corrected chi connectivity index (χ4v) is 2.59. The van der Waals surface area contributed by atoms with Crippen LogP contribution in [-0.2, 0) is 22.5 Å². The van der Waals surface area contributed by atoms with Crippen LogP contribution in [0.1, 0.15) is 17.5 Å². The zero-order valence-electron chi connectivity index (χ0n) is 11.9. The van der Waals surface area contributed by atoms with E-state index in [2.05, 4.69) is 5.32 Å². The van der Waals surface area contributed by atoms with Crippen molar-refractivity contribution < 1.29 is 14.6 Å². The molecule has 112 valence electrons. The van der Waals surface area contributed by atoms with Crippen LogP contribution < -0.4 is 5.32 Å². The lowest BCUT2D eigenvalue weighted by Gasteiger charge is -2.10. The van der Waals surface area contributed by atoms with E-state index in [4.69, 9.17) is 9.84 Å². The number of carbonyl (C=O) groups excluding carboxylic acids is 1. The van der Waals surface area contributed by atoms with Crippen molar-refractivity contribution in [2.24, 2.45) is 0 Å². The number of ether oxygens (including phenoxy) is 1. The molecule has 0 fully saturated rings. The van der Waals surface area contributed by atoms with Gasteiger partial charge in [0.2, 0.25) is 0 Å². The van der Waals surface area contributed by atoms with Crippen LogP contribution in [-0.4, -0.2) is 42.8 Å². The average molecular weight is 297 g/mol. The number of carbonyl (C=O) groups is 1. The van der Waals surface area contributed by atoms with Crippen LogP contribution in [0.5, 0.6) is 0 Å². The standard InChI is InChI=1S/C15H23NO3S/c1-19-15(18)11-13-5-2-3-6-14(13)12-16-7-10-20-9-4-8-17/h2-3,5-6,16-17H,4,7-12H2,1H3. The maximum absolute atomic E-state index is 11.3. The molecule has 0 saturated heterocycles. The van der Waals surface area contributed by atoms with Crippen molar-refractivity contribution in [1.29, 1.82) is 0 Å². The van der Waals surface area contributed by atoms with Gasteiger partial charge < -0.3 is 15.2 Å². The van der Waals surface area contributed by atoms with Crippen LogP contribution in [0.25, 0.3) is 0 Å². The molecule has 0 saturated carbocycles. The number of benzene rings is 1. The minimum atomic E-state index is -0.211. The Hall–Kier alpha value is -1.04. The number of aliphatic hydroxyl groups excluding tert-OH is 1. The second-order valence-electron chi connectivity index (χ2n) is 4.39. The molecule has 0 heterocycles. The number of rotatable bonds is 10. The van der Waals surface area contributed by atoms with Gasteiger partial charge >= 0.3 is 5.97 Å². The summed E-state index contributed by atoms with van der Waals surface area (Å²) < 4.78 is 4.71. The van der Waals surface area contributed by atoms with Crippen molar-refractivity contribution in [1.82, 2.24) is 5.32 Å². The molecule has 0 aromatic heterocycles. The Morgan fingerprint density at radius 1 is 1.30 bits per heavy atom. The van der Waals surface area contributed by atoms with Gasteiger partial charge in [-0.05, 0) is 23.3 Å². The largest absolute Gasteiger partial charge is 0.469 e. The second-order valence-corrected chi connectivity index (χ2v) is 5.61. The normalized spacial score (nSPS) is 10.5. The molecule has 0 amide bonds. The molecule has 0 aliphatic heterocycles. The first kappa shape index (κ1) is 17.0. The van der Waals surface area contributed by atoms with E-state index in [-0.39, 0.29) is 12.6 Å². The quantitative estimate of drug-likeness (QED) is 0.507. The first-order valence-corrected chi connectivity index (χ1v) is 7.96. The number of nitrogens with one attached hydrogen (secondary N) is 1. The molecule has 0 aliphatic rings. The Morgan fingerprint density at radius 3 is 2.75 bits per heavy atom. The van der Waals surface area contributed by atoms with Gasteiger partial charge in [-0.2, -0.15) is 11.8 Å². The van der Waals surface area contributed by atoms with Crippen LogP contribution in [0, 0.1) is 0 Å². The van der Waals surface area contributed by atoms with Gasteiger partial charge in [0.05, 0.1) is 13.5 Å². The van der Waals surface area contributed by atoms with E-state index in [0.717, 1.165) is 42.1 Å². The topological polar surface area (TPSA) is 58.6 Å². The fourth-order valence-electron chi connectivity index (χ4n) is 1.77. The van der Waals surface area contributed by atoms with Gasteiger partial charge in [-0.25, -0.2) is 0 Å². The summed E-state index contributed by atoms with van der Waals surface area (Å²) in [5.41, 5.74) is 2.15. The maximum atomic E-state index is 11.3. The summed E-state index contributed by atoms with van der Waals surface area (Å²) in [6.45, 7) is 1.94. The predicted molar refractivity (Wildman–Crippen MR) is 82.9 cm³/mol. The van der Waals surface area contributed by atoms with E-state index >= 15 is 0 Å². The van der Waals surface area contributed by atoms with E-state index in [1.807, 2.05) is 36.0 Å². The molecule has 5 heteroatoms. The third-order valence-electron chi connectivity index (χ3n) is 2.87. The Balaban J connectivity index is 2.30. The van der Waals surface area contributed by atoms with Crippen LogP contribution in [0.15, 0.2) is 24.3 Å². The number of aliphatic hydroxyl groups is 1. The molecule has 0 aliphatic carbocycles. The van der Waals surface area contributed by atoms with Crippen molar-refractivity contribution in [2.45, 2.75) is 19.4 Å². The predicted octanol–water partition coefficient (Wildman–Crippen LogP) is 1.61. The van der Waals surface area contributed by atoms with Gasteiger partial charge in [-0.15, -0.1) is 0 Å². The lowest BCUT2D eigenvalue weighted by atomic mass is 10.0. The SMILES string of the molecule is COC(=O)Cc1ccccc1CNCCSCCCO. The summed E-state index contributed by atoms with van der Waals surface area (Å²) >= 11 is 1.83. The van der Waals surface area contributed by atoms with Crippen molar-refractivity contribution >= 4 is 17.7 Å². The molecule has 4 nitrogen and oxygen atoms in total. The van der Waals surface area contributed by atoms with Gasteiger partial charge in [0.15, 0.2) is 0 Å². The van der Waals surface area contributed by atoms with Gasteiger partial charge in [0, 0.05) is 25.4 Å². The van der Waals surface area contributed by atoms with Gasteiger partial charge in [-0.1, -0.05) is 24.3 Å². The number of thioether (sulfide) groups is 1. The van der Waals surface area contributed by atoms with E-state index in [0.29, 0.717) is 6.42 Å². The highest BCUT2D eigenvalue weighted by Gasteiger charge is 2.07.